The standard InChI is InChI=1S/C22H18/c1-16-19-14-8-9-15-20(19)22(18-12-6-3-7-13-18)21(16)17-10-4-2-5-11-17/h2-15,22H,1H3/t22-/m1/s1. The van der Waals surface area contributed by atoms with Crippen LogP contribution in [-0.4, -0.2) is 0 Å². The Morgan fingerprint density at radius 2 is 1.23 bits per heavy atom. The first-order valence-electron chi connectivity index (χ1n) is 7.76. The van der Waals surface area contributed by atoms with Crippen molar-refractivity contribution in [2.45, 2.75) is 12.8 Å². The van der Waals surface area contributed by atoms with Gasteiger partial charge in [0.25, 0.3) is 0 Å². The summed E-state index contributed by atoms with van der Waals surface area (Å²) in [6.45, 7) is 2.25. The molecule has 0 radical (unpaired) electrons. The van der Waals surface area contributed by atoms with E-state index < -0.39 is 0 Å². The molecule has 0 spiro atoms. The van der Waals surface area contributed by atoms with E-state index in [2.05, 4.69) is 91.9 Å². The van der Waals surface area contributed by atoms with E-state index in [1.165, 1.54) is 33.4 Å². The maximum atomic E-state index is 2.27. The smallest absolute Gasteiger partial charge is 0.0354 e. The lowest BCUT2D eigenvalue weighted by atomic mass is 9.85. The highest BCUT2D eigenvalue weighted by atomic mass is 14.3. The van der Waals surface area contributed by atoms with E-state index in [9.17, 15) is 0 Å². The largest absolute Gasteiger partial charge is 0.0622 e. The summed E-state index contributed by atoms with van der Waals surface area (Å²) in [5.74, 6) is 0.333. The van der Waals surface area contributed by atoms with Crippen LogP contribution in [0.2, 0.25) is 0 Å². The van der Waals surface area contributed by atoms with Crippen LogP contribution in [0.4, 0.5) is 0 Å². The maximum Gasteiger partial charge on any atom is 0.0354 e. The first-order valence-corrected chi connectivity index (χ1v) is 7.76. The predicted molar refractivity (Wildman–Crippen MR) is 93.7 cm³/mol. The number of hydrogen-bond acceptors (Lipinski definition) is 0. The van der Waals surface area contributed by atoms with Crippen LogP contribution in [0, 0.1) is 0 Å². The summed E-state index contributed by atoms with van der Waals surface area (Å²) >= 11 is 0. The monoisotopic (exact) mass is 282 g/mol. The molecular weight excluding hydrogens is 264 g/mol. The molecule has 22 heavy (non-hydrogen) atoms. The molecule has 0 nitrogen and oxygen atoms in total. The van der Waals surface area contributed by atoms with Crippen molar-refractivity contribution in [2.24, 2.45) is 0 Å². The van der Waals surface area contributed by atoms with Gasteiger partial charge in [0.15, 0.2) is 0 Å². The Bertz CT molecular complexity index is 826. The Balaban J connectivity index is 1.97. The molecular formula is C22H18. The van der Waals surface area contributed by atoms with E-state index in [0.29, 0.717) is 5.92 Å². The molecule has 0 aromatic heterocycles. The van der Waals surface area contributed by atoms with Crippen LogP contribution in [0.5, 0.6) is 0 Å². The number of rotatable bonds is 2. The first kappa shape index (κ1) is 13.1. The average molecular weight is 282 g/mol. The van der Waals surface area contributed by atoms with E-state index in [1.54, 1.807) is 0 Å². The third kappa shape index (κ3) is 2.00. The van der Waals surface area contributed by atoms with Crippen molar-refractivity contribution in [1.82, 2.24) is 0 Å². The molecule has 0 aliphatic heterocycles. The van der Waals surface area contributed by atoms with E-state index >= 15 is 0 Å². The molecule has 0 heterocycles. The van der Waals surface area contributed by atoms with Gasteiger partial charge < -0.3 is 0 Å². The average Bonchev–Trinajstić information content (AvgIpc) is 2.90. The van der Waals surface area contributed by atoms with Crippen molar-refractivity contribution < 1.29 is 0 Å². The fourth-order valence-corrected chi connectivity index (χ4v) is 3.60. The Labute approximate surface area is 131 Å². The number of hydrogen-bond donors (Lipinski definition) is 0. The van der Waals surface area contributed by atoms with E-state index in [-0.39, 0.29) is 0 Å². The van der Waals surface area contributed by atoms with Crippen LogP contribution in [0.15, 0.2) is 84.9 Å². The summed E-state index contributed by atoms with van der Waals surface area (Å²) in [6.07, 6.45) is 0. The molecule has 106 valence electrons. The quantitative estimate of drug-likeness (QED) is 0.560. The molecule has 3 aromatic rings. The van der Waals surface area contributed by atoms with Gasteiger partial charge in [-0.2, -0.15) is 0 Å². The van der Waals surface area contributed by atoms with Crippen molar-refractivity contribution in [3.63, 3.8) is 0 Å². The van der Waals surface area contributed by atoms with Crippen LogP contribution in [0.1, 0.15) is 35.1 Å². The predicted octanol–water partition coefficient (Wildman–Crippen LogP) is 5.76. The van der Waals surface area contributed by atoms with Gasteiger partial charge >= 0.3 is 0 Å². The van der Waals surface area contributed by atoms with Crippen LogP contribution in [0.3, 0.4) is 0 Å². The third-order valence-corrected chi connectivity index (χ3v) is 4.59. The van der Waals surface area contributed by atoms with Gasteiger partial charge in [-0.15, -0.1) is 0 Å². The molecule has 4 rings (SSSR count). The summed E-state index contributed by atoms with van der Waals surface area (Å²) in [6, 6.07) is 30.4. The molecule has 0 fully saturated rings. The lowest BCUT2D eigenvalue weighted by Gasteiger charge is -2.18. The van der Waals surface area contributed by atoms with Crippen molar-refractivity contribution in [2.75, 3.05) is 0 Å². The van der Waals surface area contributed by atoms with Gasteiger partial charge in [-0.1, -0.05) is 84.9 Å². The zero-order valence-electron chi connectivity index (χ0n) is 12.7. The Morgan fingerprint density at radius 1 is 0.636 bits per heavy atom. The second-order valence-corrected chi connectivity index (χ2v) is 5.84. The van der Waals surface area contributed by atoms with Crippen LogP contribution >= 0.6 is 0 Å². The minimum atomic E-state index is 0.333. The SMILES string of the molecule is CC1=C(c2ccccc2)[C@H](c2ccccc2)c2ccccc21. The summed E-state index contributed by atoms with van der Waals surface area (Å²) in [5, 5.41) is 0. The van der Waals surface area contributed by atoms with Crippen molar-refractivity contribution in [1.29, 1.82) is 0 Å². The molecule has 1 aliphatic carbocycles. The van der Waals surface area contributed by atoms with E-state index in [0.717, 1.165) is 0 Å². The summed E-state index contributed by atoms with van der Waals surface area (Å²) in [7, 11) is 0. The van der Waals surface area contributed by atoms with Gasteiger partial charge in [0.1, 0.15) is 0 Å². The molecule has 0 amide bonds. The third-order valence-electron chi connectivity index (χ3n) is 4.59. The Hall–Kier alpha value is -2.60. The highest BCUT2D eigenvalue weighted by Crippen LogP contribution is 2.49. The lowest BCUT2D eigenvalue weighted by Crippen LogP contribution is -2.00. The number of benzene rings is 3. The van der Waals surface area contributed by atoms with Gasteiger partial charge in [-0.3, -0.25) is 0 Å². The highest BCUT2D eigenvalue weighted by molar-refractivity contribution is 6.00. The van der Waals surface area contributed by atoms with Crippen molar-refractivity contribution in [3.8, 4) is 0 Å². The molecule has 0 saturated carbocycles. The minimum absolute atomic E-state index is 0.333. The summed E-state index contributed by atoms with van der Waals surface area (Å²) in [5.41, 5.74) is 8.33. The lowest BCUT2D eigenvalue weighted by molar-refractivity contribution is 1.07. The van der Waals surface area contributed by atoms with Crippen LogP contribution in [0.25, 0.3) is 11.1 Å². The molecule has 1 atom stereocenters. The summed E-state index contributed by atoms with van der Waals surface area (Å²) in [4.78, 5) is 0. The van der Waals surface area contributed by atoms with E-state index in [1.807, 2.05) is 0 Å². The molecule has 0 unspecified atom stereocenters. The second kappa shape index (κ2) is 5.31. The fourth-order valence-electron chi connectivity index (χ4n) is 3.60. The molecule has 3 aromatic carbocycles. The van der Waals surface area contributed by atoms with Gasteiger partial charge in [0, 0.05) is 5.92 Å². The number of allylic oxidation sites excluding steroid dienone is 2. The summed E-state index contributed by atoms with van der Waals surface area (Å²) < 4.78 is 0. The van der Waals surface area contributed by atoms with Crippen LogP contribution in [-0.2, 0) is 0 Å². The van der Waals surface area contributed by atoms with Gasteiger partial charge in [-0.05, 0) is 40.3 Å². The van der Waals surface area contributed by atoms with Gasteiger partial charge in [0.05, 0.1) is 0 Å². The first-order chi connectivity index (χ1) is 10.9. The molecule has 0 heteroatoms. The Kier molecular flexibility index (Phi) is 3.16. The molecule has 1 aliphatic rings. The maximum absolute atomic E-state index is 2.27. The van der Waals surface area contributed by atoms with Gasteiger partial charge in [0.2, 0.25) is 0 Å². The topological polar surface area (TPSA) is 0 Å². The molecule has 0 bridgehead atoms. The van der Waals surface area contributed by atoms with Crippen molar-refractivity contribution in [3.05, 3.63) is 107 Å². The molecule has 0 N–H and O–H groups in total. The zero-order chi connectivity index (χ0) is 14.9. The van der Waals surface area contributed by atoms with E-state index in [4.69, 9.17) is 0 Å². The van der Waals surface area contributed by atoms with Crippen molar-refractivity contribution >= 4 is 11.1 Å². The number of fused-ring (bicyclic) bond motifs is 1. The molecule has 0 saturated heterocycles. The zero-order valence-corrected chi connectivity index (χ0v) is 12.7. The van der Waals surface area contributed by atoms with Gasteiger partial charge in [-0.25, -0.2) is 0 Å². The highest BCUT2D eigenvalue weighted by Gasteiger charge is 2.30. The fraction of sp³-hybridized carbons (Fsp3) is 0.0909. The normalized spacial score (nSPS) is 16.7. The Morgan fingerprint density at radius 3 is 1.95 bits per heavy atom. The minimum Gasteiger partial charge on any atom is -0.0622 e. The van der Waals surface area contributed by atoms with Crippen LogP contribution < -0.4 is 0 Å². The second-order valence-electron chi connectivity index (χ2n) is 5.84.